The molecule has 0 saturated heterocycles. The largest absolute Gasteiger partial charge is 0.351 e. The molecule has 4 heteroatoms. The number of nitrogens with zero attached hydrogens (tertiary/aromatic N) is 3. The van der Waals surface area contributed by atoms with Gasteiger partial charge in [0.15, 0.2) is 0 Å². The Morgan fingerprint density at radius 3 is 2.71 bits per heavy atom. The van der Waals surface area contributed by atoms with Crippen LogP contribution < -0.4 is 5.32 Å². The molecule has 21 heavy (non-hydrogen) atoms. The number of hydrogen-bond donors (Lipinski definition) is 1. The maximum absolute atomic E-state index is 4.32. The van der Waals surface area contributed by atoms with Crippen molar-refractivity contribution in [2.45, 2.75) is 26.6 Å². The number of rotatable bonds is 6. The van der Waals surface area contributed by atoms with Gasteiger partial charge in [0.25, 0.3) is 0 Å². The van der Waals surface area contributed by atoms with E-state index in [1.165, 1.54) is 11.3 Å². The van der Waals surface area contributed by atoms with Crippen LogP contribution in [0.2, 0.25) is 0 Å². The van der Waals surface area contributed by atoms with Gasteiger partial charge in [0.2, 0.25) is 0 Å². The number of aromatic nitrogens is 3. The van der Waals surface area contributed by atoms with Crippen LogP contribution in [-0.4, -0.2) is 14.3 Å². The third-order valence-electron chi connectivity index (χ3n) is 3.63. The standard InChI is InChI=1S/C17H20N4/c1-2-20-11-5-8-16(20)14-18-13-15-7-3-4-9-17(15)21-12-6-10-19-21/h3-12,18H,2,13-14H2,1H3. The van der Waals surface area contributed by atoms with Crippen LogP contribution in [0, 0.1) is 0 Å². The molecule has 2 heterocycles. The van der Waals surface area contributed by atoms with Gasteiger partial charge >= 0.3 is 0 Å². The Kier molecular flexibility index (Phi) is 4.17. The van der Waals surface area contributed by atoms with Crippen LogP contribution in [0.5, 0.6) is 0 Å². The quantitative estimate of drug-likeness (QED) is 0.753. The van der Waals surface area contributed by atoms with E-state index in [0.717, 1.165) is 25.3 Å². The molecular formula is C17H20N4. The Hall–Kier alpha value is -2.33. The van der Waals surface area contributed by atoms with Gasteiger partial charge in [-0.1, -0.05) is 18.2 Å². The van der Waals surface area contributed by atoms with E-state index >= 15 is 0 Å². The van der Waals surface area contributed by atoms with Crippen molar-refractivity contribution in [1.29, 1.82) is 0 Å². The molecule has 0 amide bonds. The molecule has 0 aliphatic carbocycles. The van der Waals surface area contributed by atoms with Gasteiger partial charge in [-0.25, -0.2) is 4.68 Å². The monoisotopic (exact) mass is 280 g/mol. The van der Waals surface area contributed by atoms with Gasteiger partial charge in [0, 0.05) is 43.9 Å². The van der Waals surface area contributed by atoms with Gasteiger partial charge in [-0.15, -0.1) is 0 Å². The summed E-state index contributed by atoms with van der Waals surface area (Å²) in [7, 11) is 0. The minimum atomic E-state index is 0.824. The van der Waals surface area contributed by atoms with Gasteiger partial charge in [-0.05, 0) is 36.8 Å². The van der Waals surface area contributed by atoms with E-state index in [2.05, 4.69) is 58.4 Å². The molecule has 0 bridgehead atoms. The molecule has 0 atom stereocenters. The van der Waals surface area contributed by atoms with Crippen molar-refractivity contribution in [2.75, 3.05) is 0 Å². The highest BCUT2D eigenvalue weighted by Crippen LogP contribution is 2.13. The van der Waals surface area contributed by atoms with Gasteiger partial charge in [-0.2, -0.15) is 5.10 Å². The number of nitrogens with one attached hydrogen (secondary N) is 1. The van der Waals surface area contributed by atoms with E-state index in [9.17, 15) is 0 Å². The van der Waals surface area contributed by atoms with E-state index in [-0.39, 0.29) is 0 Å². The minimum Gasteiger partial charge on any atom is -0.351 e. The van der Waals surface area contributed by atoms with Gasteiger partial charge in [-0.3, -0.25) is 0 Å². The van der Waals surface area contributed by atoms with Crippen molar-refractivity contribution < 1.29 is 0 Å². The molecule has 1 aromatic carbocycles. The average Bonchev–Trinajstić information content (AvgIpc) is 3.19. The molecule has 0 aliphatic heterocycles. The molecule has 4 nitrogen and oxygen atoms in total. The molecule has 0 aliphatic rings. The Morgan fingerprint density at radius 2 is 1.90 bits per heavy atom. The Bertz CT molecular complexity index is 682. The van der Waals surface area contributed by atoms with E-state index < -0.39 is 0 Å². The van der Waals surface area contributed by atoms with E-state index in [1.54, 1.807) is 6.20 Å². The van der Waals surface area contributed by atoms with Crippen LogP contribution in [0.25, 0.3) is 5.69 Å². The zero-order chi connectivity index (χ0) is 14.5. The second-order valence-corrected chi connectivity index (χ2v) is 4.97. The predicted octanol–water partition coefficient (Wildman–Crippen LogP) is 2.98. The van der Waals surface area contributed by atoms with Crippen LogP contribution in [0.1, 0.15) is 18.2 Å². The highest BCUT2D eigenvalue weighted by molar-refractivity contribution is 5.40. The second kappa shape index (κ2) is 6.41. The number of benzene rings is 1. The molecule has 0 unspecified atom stereocenters. The summed E-state index contributed by atoms with van der Waals surface area (Å²) < 4.78 is 4.16. The van der Waals surface area contributed by atoms with E-state index in [0.29, 0.717) is 0 Å². The lowest BCUT2D eigenvalue weighted by molar-refractivity contribution is 0.626. The predicted molar refractivity (Wildman–Crippen MR) is 84.2 cm³/mol. The van der Waals surface area contributed by atoms with E-state index in [4.69, 9.17) is 0 Å². The van der Waals surface area contributed by atoms with Crippen molar-refractivity contribution >= 4 is 0 Å². The number of hydrogen-bond acceptors (Lipinski definition) is 2. The first kappa shape index (κ1) is 13.6. The molecule has 108 valence electrons. The van der Waals surface area contributed by atoms with Crippen molar-refractivity contribution in [3.05, 3.63) is 72.3 Å². The van der Waals surface area contributed by atoms with Crippen molar-refractivity contribution in [3.63, 3.8) is 0 Å². The summed E-state index contributed by atoms with van der Waals surface area (Å²) in [6.45, 7) is 4.86. The van der Waals surface area contributed by atoms with Gasteiger partial charge < -0.3 is 9.88 Å². The SMILES string of the molecule is CCn1cccc1CNCc1ccccc1-n1cccn1. The summed E-state index contributed by atoms with van der Waals surface area (Å²) in [4.78, 5) is 0. The second-order valence-electron chi connectivity index (χ2n) is 4.97. The zero-order valence-electron chi connectivity index (χ0n) is 12.2. The fourth-order valence-corrected chi connectivity index (χ4v) is 2.54. The first-order valence-electron chi connectivity index (χ1n) is 7.31. The highest BCUT2D eigenvalue weighted by atomic mass is 15.3. The Balaban J connectivity index is 1.69. The molecule has 0 spiro atoms. The topological polar surface area (TPSA) is 34.8 Å². The molecular weight excluding hydrogens is 260 g/mol. The van der Waals surface area contributed by atoms with Crippen LogP contribution >= 0.6 is 0 Å². The van der Waals surface area contributed by atoms with Crippen molar-refractivity contribution in [1.82, 2.24) is 19.7 Å². The summed E-state index contributed by atoms with van der Waals surface area (Å²) in [6, 6.07) is 14.6. The summed E-state index contributed by atoms with van der Waals surface area (Å²) in [5, 5.41) is 7.84. The summed E-state index contributed by atoms with van der Waals surface area (Å²) >= 11 is 0. The van der Waals surface area contributed by atoms with Crippen LogP contribution in [-0.2, 0) is 19.6 Å². The lowest BCUT2D eigenvalue weighted by Gasteiger charge is -2.11. The summed E-state index contributed by atoms with van der Waals surface area (Å²) in [6.07, 6.45) is 5.90. The molecule has 3 aromatic rings. The third kappa shape index (κ3) is 3.06. The molecule has 0 saturated carbocycles. The Morgan fingerprint density at radius 1 is 1.00 bits per heavy atom. The molecule has 0 radical (unpaired) electrons. The normalized spacial score (nSPS) is 10.9. The number of aryl methyl sites for hydroxylation is 1. The van der Waals surface area contributed by atoms with Crippen molar-refractivity contribution in [2.24, 2.45) is 0 Å². The van der Waals surface area contributed by atoms with Crippen molar-refractivity contribution in [3.8, 4) is 5.69 Å². The highest BCUT2D eigenvalue weighted by Gasteiger charge is 2.04. The fraction of sp³-hybridized carbons (Fsp3) is 0.235. The molecule has 1 N–H and O–H groups in total. The fourth-order valence-electron chi connectivity index (χ4n) is 2.54. The van der Waals surface area contributed by atoms with E-state index in [1.807, 2.05) is 23.0 Å². The third-order valence-corrected chi connectivity index (χ3v) is 3.63. The molecule has 3 rings (SSSR count). The number of para-hydroxylation sites is 1. The average molecular weight is 280 g/mol. The summed E-state index contributed by atoms with van der Waals surface area (Å²) in [5.41, 5.74) is 3.69. The van der Waals surface area contributed by atoms with Crippen LogP contribution in [0.15, 0.2) is 61.1 Å². The Labute approximate surface area is 125 Å². The first-order valence-corrected chi connectivity index (χ1v) is 7.31. The molecule has 2 aromatic heterocycles. The zero-order valence-corrected chi connectivity index (χ0v) is 12.2. The van der Waals surface area contributed by atoms with Crippen LogP contribution in [0.4, 0.5) is 0 Å². The van der Waals surface area contributed by atoms with Gasteiger partial charge in [0.1, 0.15) is 0 Å². The maximum atomic E-state index is 4.32. The van der Waals surface area contributed by atoms with Gasteiger partial charge in [0.05, 0.1) is 5.69 Å². The lowest BCUT2D eigenvalue weighted by atomic mass is 10.2. The summed E-state index contributed by atoms with van der Waals surface area (Å²) in [5.74, 6) is 0. The van der Waals surface area contributed by atoms with Crippen LogP contribution in [0.3, 0.4) is 0 Å². The molecule has 0 fully saturated rings. The minimum absolute atomic E-state index is 0.824. The maximum Gasteiger partial charge on any atom is 0.0690 e. The lowest BCUT2D eigenvalue weighted by Crippen LogP contribution is -2.16. The first-order chi connectivity index (χ1) is 10.4. The smallest absolute Gasteiger partial charge is 0.0690 e.